The molecule has 1 amide bonds. The average Bonchev–Trinajstić information content (AvgIpc) is 2.57. The van der Waals surface area contributed by atoms with Gasteiger partial charge in [0.1, 0.15) is 5.75 Å². The quantitative estimate of drug-likeness (QED) is 0.827. The van der Waals surface area contributed by atoms with Crippen LogP contribution in [0.5, 0.6) is 5.75 Å². The van der Waals surface area contributed by atoms with Gasteiger partial charge in [-0.05, 0) is 44.5 Å². The monoisotopic (exact) mass is 325 g/mol. The fourth-order valence-corrected chi connectivity index (χ4v) is 2.83. The lowest BCUT2D eigenvalue weighted by molar-refractivity contribution is 0.0903. The van der Waals surface area contributed by atoms with Gasteiger partial charge in [-0.2, -0.15) is 0 Å². The summed E-state index contributed by atoms with van der Waals surface area (Å²) < 4.78 is 5.30. The Kier molecular flexibility index (Phi) is 5.74. The minimum Gasteiger partial charge on any atom is -0.496 e. The largest absolute Gasteiger partial charge is 0.496 e. The van der Waals surface area contributed by atoms with Crippen molar-refractivity contribution in [3.63, 3.8) is 0 Å². The first kappa shape index (κ1) is 17.7. The van der Waals surface area contributed by atoms with E-state index in [0.29, 0.717) is 23.3 Å². The van der Waals surface area contributed by atoms with Gasteiger partial charge in [-0.1, -0.05) is 30.2 Å². The highest BCUT2D eigenvalue weighted by molar-refractivity contribution is 6.03. The van der Waals surface area contributed by atoms with Gasteiger partial charge in [0.2, 0.25) is 0 Å². The summed E-state index contributed by atoms with van der Waals surface area (Å²) in [5.74, 6) is 0.324. The summed E-state index contributed by atoms with van der Waals surface area (Å²) in [6.45, 7) is 5.84. The number of ether oxygens (including phenoxy) is 1. The summed E-state index contributed by atoms with van der Waals surface area (Å²) in [4.78, 5) is 24.8. The number of rotatable bonds is 6. The first-order chi connectivity index (χ1) is 11.5. The molecule has 1 N–H and O–H groups in total. The molecule has 24 heavy (non-hydrogen) atoms. The first-order valence-corrected chi connectivity index (χ1v) is 8.01. The van der Waals surface area contributed by atoms with Crippen LogP contribution in [0.25, 0.3) is 0 Å². The maximum Gasteiger partial charge on any atom is 0.252 e. The SMILES string of the molecule is CCc1c(OC)cccc1C(=O)NCC(=O)c1cc(C)cc(C)c1. The zero-order chi connectivity index (χ0) is 17.7. The van der Waals surface area contributed by atoms with E-state index in [-0.39, 0.29) is 18.2 Å². The van der Waals surface area contributed by atoms with Crippen LogP contribution in [0.1, 0.15) is 44.3 Å². The molecule has 0 saturated carbocycles. The summed E-state index contributed by atoms with van der Waals surface area (Å²) in [5, 5.41) is 2.72. The summed E-state index contributed by atoms with van der Waals surface area (Å²) in [6.07, 6.45) is 0.678. The molecule has 126 valence electrons. The van der Waals surface area contributed by atoms with Crippen molar-refractivity contribution in [2.45, 2.75) is 27.2 Å². The number of carbonyl (C=O) groups excluding carboxylic acids is 2. The lowest BCUT2D eigenvalue weighted by Gasteiger charge is -2.12. The minimum atomic E-state index is -0.261. The van der Waals surface area contributed by atoms with Gasteiger partial charge >= 0.3 is 0 Å². The number of nitrogens with one attached hydrogen (secondary N) is 1. The van der Waals surface area contributed by atoms with Crippen LogP contribution in [0.15, 0.2) is 36.4 Å². The molecule has 0 radical (unpaired) electrons. The topological polar surface area (TPSA) is 55.4 Å². The molecule has 0 bridgehead atoms. The Morgan fingerprint density at radius 3 is 2.33 bits per heavy atom. The first-order valence-electron chi connectivity index (χ1n) is 8.01. The summed E-state index contributed by atoms with van der Waals surface area (Å²) >= 11 is 0. The Balaban J connectivity index is 2.12. The van der Waals surface area contributed by atoms with Crippen molar-refractivity contribution in [2.24, 2.45) is 0 Å². The smallest absolute Gasteiger partial charge is 0.252 e. The van der Waals surface area contributed by atoms with E-state index in [1.165, 1.54) is 0 Å². The predicted molar refractivity (Wildman–Crippen MR) is 95.0 cm³/mol. The van der Waals surface area contributed by atoms with Crippen molar-refractivity contribution in [3.8, 4) is 5.75 Å². The summed E-state index contributed by atoms with van der Waals surface area (Å²) in [5.41, 5.74) is 4.08. The molecule has 4 nitrogen and oxygen atoms in total. The zero-order valence-electron chi connectivity index (χ0n) is 14.6. The Hall–Kier alpha value is -2.62. The highest BCUT2D eigenvalue weighted by Gasteiger charge is 2.15. The van der Waals surface area contributed by atoms with E-state index in [4.69, 9.17) is 4.74 Å². The summed E-state index contributed by atoms with van der Waals surface area (Å²) in [6, 6.07) is 11.0. The van der Waals surface area contributed by atoms with Crippen LogP contribution in [-0.2, 0) is 6.42 Å². The average molecular weight is 325 g/mol. The number of ketones is 1. The zero-order valence-corrected chi connectivity index (χ0v) is 14.6. The van der Waals surface area contributed by atoms with Gasteiger partial charge in [-0.3, -0.25) is 9.59 Å². The van der Waals surface area contributed by atoms with Crippen LogP contribution in [0, 0.1) is 13.8 Å². The Morgan fingerprint density at radius 1 is 1.08 bits per heavy atom. The van der Waals surface area contributed by atoms with Crippen molar-refractivity contribution < 1.29 is 14.3 Å². The highest BCUT2D eigenvalue weighted by Crippen LogP contribution is 2.22. The van der Waals surface area contributed by atoms with Gasteiger partial charge in [0, 0.05) is 16.7 Å². The van der Waals surface area contributed by atoms with Crippen molar-refractivity contribution in [3.05, 3.63) is 64.2 Å². The maximum atomic E-state index is 12.4. The van der Waals surface area contributed by atoms with Crippen molar-refractivity contribution in [2.75, 3.05) is 13.7 Å². The molecular formula is C20H23NO3. The maximum absolute atomic E-state index is 12.4. The molecule has 2 rings (SSSR count). The second-order valence-electron chi connectivity index (χ2n) is 5.82. The number of methoxy groups -OCH3 is 1. The van der Waals surface area contributed by atoms with Crippen LogP contribution in [0.4, 0.5) is 0 Å². The van der Waals surface area contributed by atoms with E-state index in [9.17, 15) is 9.59 Å². The molecule has 2 aromatic carbocycles. The molecule has 0 aliphatic carbocycles. The third kappa shape index (κ3) is 4.02. The molecule has 0 fully saturated rings. The molecule has 0 saturated heterocycles. The van der Waals surface area contributed by atoms with Gasteiger partial charge in [-0.15, -0.1) is 0 Å². The highest BCUT2D eigenvalue weighted by atomic mass is 16.5. The van der Waals surface area contributed by atoms with Crippen LogP contribution >= 0.6 is 0 Å². The molecule has 0 atom stereocenters. The second kappa shape index (κ2) is 7.77. The minimum absolute atomic E-state index is 0.0257. The van der Waals surface area contributed by atoms with E-state index in [0.717, 1.165) is 16.7 Å². The lowest BCUT2D eigenvalue weighted by atomic mass is 10.0. The predicted octanol–water partition coefficient (Wildman–Crippen LogP) is 3.49. The number of aryl methyl sites for hydroxylation is 2. The standard InChI is InChI=1S/C20H23NO3/c1-5-16-17(7-6-8-19(16)24-4)20(23)21-12-18(22)15-10-13(2)9-14(3)11-15/h6-11H,5,12H2,1-4H3,(H,21,23). The molecule has 4 heteroatoms. The van der Waals surface area contributed by atoms with Crippen LogP contribution in [0.3, 0.4) is 0 Å². The van der Waals surface area contributed by atoms with Gasteiger partial charge in [0.05, 0.1) is 13.7 Å². The van der Waals surface area contributed by atoms with Gasteiger partial charge < -0.3 is 10.1 Å². The molecular weight excluding hydrogens is 302 g/mol. The third-order valence-corrected chi connectivity index (χ3v) is 3.90. The number of hydrogen-bond acceptors (Lipinski definition) is 3. The number of hydrogen-bond donors (Lipinski definition) is 1. The van der Waals surface area contributed by atoms with Crippen molar-refractivity contribution >= 4 is 11.7 Å². The molecule has 0 spiro atoms. The fraction of sp³-hybridized carbons (Fsp3) is 0.300. The lowest BCUT2D eigenvalue weighted by Crippen LogP contribution is -2.30. The van der Waals surface area contributed by atoms with Gasteiger partial charge in [0.25, 0.3) is 5.91 Å². The van der Waals surface area contributed by atoms with E-state index < -0.39 is 0 Å². The third-order valence-electron chi connectivity index (χ3n) is 3.90. The number of benzene rings is 2. The molecule has 0 heterocycles. The molecule has 0 aromatic heterocycles. The number of amides is 1. The Labute approximate surface area is 142 Å². The number of Topliss-reactive ketones (excluding diaryl/α,β-unsaturated/α-hetero) is 1. The number of carbonyl (C=O) groups is 2. The van der Waals surface area contributed by atoms with Crippen molar-refractivity contribution in [1.82, 2.24) is 5.32 Å². The van der Waals surface area contributed by atoms with E-state index in [2.05, 4.69) is 5.32 Å². The normalized spacial score (nSPS) is 10.3. The molecule has 2 aromatic rings. The molecule has 0 aliphatic heterocycles. The van der Waals surface area contributed by atoms with E-state index >= 15 is 0 Å². The Morgan fingerprint density at radius 2 is 1.75 bits per heavy atom. The Bertz CT molecular complexity index is 745. The van der Waals surface area contributed by atoms with E-state index in [1.54, 1.807) is 19.2 Å². The second-order valence-corrected chi connectivity index (χ2v) is 5.82. The van der Waals surface area contributed by atoms with E-state index in [1.807, 2.05) is 45.0 Å². The molecule has 0 unspecified atom stereocenters. The summed E-state index contributed by atoms with van der Waals surface area (Å²) in [7, 11) is 1.58. The van der Waals surface area contributed by atoms with Crippen LogP contribution in [0.2, 0.25) is 0 Å². The molecule has 0 aliphatic rings. The van der Waals surface area contributed by atoms with Gasteiger partial charge in [0.15, 0.2) is 5.78 Å². The van der Waals surface area contributed by atoms with Crippen molar-refractivity contribution in [1.29, 1.82) is 0 Å². The van der Waals surface area contributed by atoms with Crippen LogP contribution in [-0.4, -0.2) is 25.3 Å². The fourth-order valence-electron chi connectivity index (χ4n) is 2.83. The van der Waals surface area contributed by atoms with Gasteiger partial charge in [-0.25, -0.2) is 0 Å². The van der Waals surface area contributed by atoms with Crippen LogP contribution < -0.4 is 10.1 Å².